The van der Waals surface area contributed by atoms with Crippen LogP contribution in [0.4, 0.5) is 5.69 Å². The Morgan fingerprint density at radius 2 is 1.70 bits per heavy atom. The summed E-state index contributed by atoms with van der Waals surface area (Å²) in [7, 11) is 5.10. The molecule has 1 heterocycles. The normalized spacial score (nSPS) is 11.6. The number of carbonyl (C=O) groups is 1. The highest BCUT2D eigenvalue weighted by molar-refractivity contribution is 8.00. The second-order valence-corrected chi connectivity index (χ2v) is 8.27. The molecule has 0 aliphatic heterocycles. The zero-order valence-electron chi connectivity index (χ0n) is 18.6. The smallest absolute Gasteiger partial charge is 0.242 e. The van der Waals surface area contributed by atoms with Crippen LogP contribution in [0.15, 0.2) is 84.0 Å². The van der Waals surface area contributed by atoms with Crippen LogP contribution in [-0.2, 0) is 11.8 Å². The van der Waals surface area contributed by atoms with Crippen LogP contribution in [0.25, 0.3) is 11.4 Å². The van der Waals surface area contributed by atoms with Crippen molar-refractivity contribution in [3.63, 3.8) is 0 Å². The average molecular weight is 461 g/mol. The molecule has 0 saturated carbocycles. The van der Waals surface area contributed by atoms with Crippen LogP contribution in [0.3, 0.4) is 0 Å². The highest BCUT2D eigenvalue weighted by atomic mass is 32.2. The minimum atomic E-state index is -0.536. The molecule has 1 N–H and O–H groups in total. The molecule has 4 aromatic rings. The zero-order chi connectivity index (χ0) is 23.2. The van der Waals surface area contributed by atoms with Crippen LogP contribution in [0.1, 0.15) is 10.8 Å². The van der Waals surface area contributed by atoms with E-state index in [4.69, 9.17) is 9.47 Å². The van der Waals surface area contributed by atoms with E-state index in [0.717, 1.165) is 11.1 Å². The molecule has 4 rings (SSSR count). The molecule has 1 atom stereocenters. The maximum Gasteiger partial charge on any atom is 0.242 e. The number of rotatable bonds is 8. The van der Waals surface area contributed by atoms with Gasteiger partial charge in [-0.2, -0.15) is 0 Å². The lowest BCUT2D eigenvalue weighted by Crippen LogP contribution is -2.19. The Kier molecular flexibility index (Phi) is 6.95. The summed E-state index contributed by atoms with van der Waals surface area (Å²) < 4.78 is 12.6. The van der Waals surface area contributed by atoms with Gasteiger partial charge in [0.1, 0.15) is 16.7 Å². The minimum absolute atomic E-state index is 0.165. The van der Waals surface area contributed by atoms with Gasteiger partial charge in [-0.05, 0) is 29.8 Å². The van der Waals surface area contributed by atoms with Gasteiger partial charge in [0, 0.05) is 18.8 Å². The number of carbonyl (C=O) groups excluding carboxylic acids is 1. The predicted molar refractivity (Wildman–Crippen MR) is 130 cm³/mol. The lowest BCUT2D eigenvalue weighted by atomic mass is 10.1. The fourth-order valence-electron chi connectivity index (χ4n) is 3.40. The third kappa shape index (κ3) is 5.01. The largest absolute Gasteiger partial charge is 0.497 e. The van der Waals surface area contributed by atoms with Gasteiger partial charge in [0.25, 0.3) is 0 Å². The van der Waals surface area contributed by atoms with E-state index < -0.39 is 5.25 Å². The summed E-state index contributed by atoms with van der Waals surface area (Å²) in [6.45, 7) is 0. The molecule has 7 nitrogen and oxygen atoms in total. The Morgan fingerprint density at radius 3 is 2.45 bits per heavy atom. The standard InChI is InChI=1S/C25H24N4O3S/c1-29-23(20-14-7-8-15-21(20)32-3)27-28-25(29)33-22(17-10-5-4-6-11-17)24(30)26-18-12-9-13-19(16-18)31-2/h4-16,22H,1-3H3,(H,26,30). The number of hydrogen-bond donors (Lipinski definition) is 1. The van der Waals surface area contributed by atoms with Gasteiger partial charge in [-0.1, -0.05) is 60.3 Å². The number of benzene rings is 3. The number of nitrogens with zero attached hydrogens (tertiary/aromatic N) is 3. The van der Waals surface area contributed by atoms with Crippen molar-refractivity contribution in [2.24, 2.45) is 7.05 Å². The van der Waals surface area contributed by atoms with E-state index >= 15 is 0 Å². The van der Waals surface area contributed by atoms with Crippen molar-refractivity contribution in [3.05, 3.63) is 84.4 Å². The number of aromatic nitrogens is 3. The molecule has 0 spiro atoms. The molecule has 33 heavy (non-hydrogen) atoms. The Labute approximate surface area is 196 Å². The molecule has 8 heteroatoms. The molecule has 0 radical (unpaired) electrons. The number of ether oxygens (including phenoxy) is 2. The van der Waals surface area contributed by atoms with Gasteiger partial charge in [-0.15, -0.1) is 10.2 Å². The van der Waals surface area contributed by atoms with E-state index in [1.165, 1.54) is 11.8 Å². The first-order valence-electron chi connectivity index (χ1n) is 10.3. The van der Waals surface area contributed by atoms with Crippen LogP contribution in [-0.4, -0.2) is 34.9 Å². The summed E-state index contributed by atoms with van der Waals surface area (Å²) in [5.74, 6) is 1.88. The van der Waals surface area contributed by atoms with Gasteiger partial charge in [0.15, 0.2) is 11.0 Å². The van der Waals surface area contributed by atoms with Gasteiger partial charge in [0.05, 0.1) is 19.8 Å². The van der Waals surface area contributed by atoms with Crippen LogP contribution >= 0.6 is 11.8 Å². The maximum absolute atomic E-state index is 13.4. The lowest BCUT2D eigenvalue weighted by molar-refractivity contribution is -0.115. The van der Waals surface area contributed by atoms with Gasteiger partial charge in [-0.3, -0.25) is 4.79 Å². The summed E-state index contributed by atoms with van der Waals surface area (Å²) in [5, 5.41) is 11.8. The van der Waals surface area contributed by atoms with Crippen molar-refractivity contribution in [2.75, 3.05) is 19.5 Å². The molecular formula is C25H24N4O3S. The van der Waals surface area contributed by atoms with Crippen molar-refractivity contribution < 1.29 is 14.3 Å². The molecule has 0 saturated heterocycles. The summed E-state index contributed by atoms with van der Waals surface area (Å²) in [6.07, 6.45) is 0. The van der Waals surface area contributed by atoms with Gasteiger partial charge < -0.3 is 19.4 Å². The molecule has 1 amide bonds. The molecule has 1 aromatic heterocycles. The Morgan fingerprint density at radius 1 is 0.939 bits per heavy atom. The highest BCUT2D eigenvalue weighted by Gasteiger charge is 2.26. The van der Waals surface area contributed by atoms with Crippen LogP contribution in [0.5, 0.6) is 11.5 Å². The number of anilines is 1. The fourth-order valence-corrected chi connectivity index (χ4v) is 4.40. The van der Waals surface area contributed by atoms with E-state index in [9.17, 15) is 4.79 Å². The number of methoxy groups -OCH3 is 2. The van der Waals surface area contributed by atoms with Crippen LogP contribution < -0.4 is 14.8 Å². The first kappa shape index (κ1) is 22.4. The predicted octanol–water partition coefficient (Wildman–Crippen LogP) is 4.97. The monoisotopic (exact) mass is 460 g/mol. The van der Waals surface area contributed by atoms with E-state index in [2.05, 4.69) is 15.5 Å². The van der Waals surface area contributed by atoms with Gasteiger partial charge in [-0.25, -0.2) is 0 Å². The summed E-state index contributed by atoms with van der Waals surface area (Å²) >= 11 is 1.34. The number of amides is 1. The molecule has 1 unspecified atom stereocenters. The number of thioether (sulfide) groups is 1. The summed E-state index contributed by atoms with van der Waals surface area (Å²) in [5.41, 5.74) is 2.36. The van der Waals surface area contributed by atoms with E-state index in [0.29, 0.717) is 28.2 Å². The maximum atomic E-state index is 13.4. The average Bonchev–Trinajstić information content (AvgIpc) is 3.22. The summed E-state index contributed by atoms with van der Waals surface area (Å²) in [6, 6.07) is 24.5. The molecule has 0 bridgehead atoms. The van der Waals surface area contributed by atoms with E-state index in [1.54, 1.807) is 20.3 Å². The first-order valence-corrected chi connectivity index (χ1v) is 11.2. The Balaban J connectivity index is 1.64. The van der Waals surface area contributed by atoms with Crippen molar-refractivity contribution in [2.45, 2.75) is 10.4 Å². The second kappa shape index (κ2) is 10.2. The van der Waals surface area contributed by atoms with E-state index in [1.807, 2.05) is 84.4 Å². The van der Waals surface area contributed by atoms with Crippen molar-refractivity contribution >= 4 is 23.4 Å². The molecule has 0 aliphatic rings. The van der Waals surface area contributed by atoms with Gasteiger partial charge in [0.2, 0.25) is 5.91 Å². The Bertz CT molecular complexity index is 1240. The fraction of sp³-hybridized carbons (Fsp3) is 0.160. The lowest BCUT2D eigenvalue weighted by Gasteiger charge is -2.17. The number of hydrogen-bond acceptors (Lipinski definition) is 6. The molecule has 0 fully saturated rings. The third-order valence-corrected chi connectivity index (χ3v) is 6.37. The summed E-state index contributed by atoms with van der Waals surface area (Å²) in [4.78, 5) is 13.4. The topological polar surface area (TPSA) is 78.3 Å². The van der Waals surface area contributed by atoms with Crippen molar-refractivity contribution in [3.8, 4) is 22.9 Å². The molecule has 3 aromatic carbocycles. The van der Waals surface area contributed by atoms with E-state index in [-0.39, 0.29) is 5.91 Å². The quantitative estimate of drug-likeness (QED) is 0.374. The molecular weight excluding hydrogens is 436 g/mol. The first-order chi connectivity index (χ1) is 16.1. The second-order valence-electron chi connectivity index (χ2n) is 7.20. The zero-order valence-corrected chi connectivity index (χ0v) is 19.4. The third-order valence-electron chi connectivity index (χ3n) is 5.08. The SMILES string of the molecule is COc1cccc(NC(=O)C(Sc2nnc(-c3ccccc3OC)n2C)c2ccccc2)c1. The molecule has 0 aliphatic carbocycles. The van der Waals surface area contributed by atoms with Crippen LogP contribution in [0.2, 0.25) is 0 Å². The van der Waals surface area contributed by atoms with Crippen LogP contribution in [0, 0.1) is 0 Å². The number of para-hydroxylation sites is 1. The van der Waals surface area contributed by atoms with Gasteiger partial charge >= 0.3 is 0 Å². The van der Waals surface area contributed by atoms with Crippen molar-refractivity contribution in [1.29, 1.82) is 0 Å². The van der Waals surface area contributed by atoms with Crippen molar-refractivity contribution in [1.82, 2.24) is 14.8 Å². The Hall–Kier alpha value is -3.78. The number of nitrogens with one attached hydrogen (secondary N) is 1. The highest BCUT2D eigenvalue weighted by Crippen LogP contribution is 2.37. The molecule has 168 valence electrons. The minimum Gasteiger partial charge on any atom is -0.497 e.